The highest BCUT2D eigenvalue weighted by molar-refractivity contribution is 7.89. The first-order valence-electron chi connectivity index (χ1n) is 10.00. The first-order chi connectivity index (χ1) is 15.1. The van der Waals surface area contributed by atoms with E-state index in [1.165, 1.54) is 19.2 Å². The highest BCUT2D eigenvalue weighted by Gasteiger charge is 2.50. The maximum atomic E-state index is 14.7. The highest BCUT2D eigenvalue weighted by Crippen LogP contribution is 2.47. The van der Waals surface area contributed by atoms with Gasteiger partial charge in [0, 0.05) is 12.8 Å². The zero-order valence-electron chi connectivity index (χ0n) is 17.4. The molecule has 0 amide bonds. The van der Waals surface area contributed by atoms with Crippen molar-refractivity contribution >= 4 is 16.0 Å². The summed E-state index contributed by atoms with van der Waals surface area (Å²) in [6, 6.07) is 12.5. The third-order valence-corrected chi connectivity index (χ3v) is 6.65. The van der Waals surface area contributed by atoms with E-state index in [1.807, 2.05) is 10.8 Å². The molecule has 0 unspecified atom stereocenters. The van der Waals surface area contributed by atoms with Crippen LogP contribution in [-0.4, -0.2) is 33.3 Å². The van der Waals surface area contributed by atoms with E-state index < -0.39 is 51.9 Å². The Hall–Kier alpha value is -2.59. The number of hydrogen-bond acceptors (Lipinski definition) is 5. The number of carbonyl (C=O) groups is 1. The first kappa shape index (κ1) is 24.1. The van der Waals surface area contributed by atoms with E-state index in [1.54, 1.807) is 24.3 Å². The zero-order valence-corrected chi connectivity index (χ0v) is 18.3. The Balaban J connectivity index is 1.85. The lowest BCUT2D eigenvalue weighted by Gasteiger charge is -2.38. The summed E-state index contributed by atoms with van der Waals surface area (Å²) in [6.45, 7) is -0.0383. The Kier molecular flexibility index (Phi) is 7.14. The number of ether oxygens (including phenoxy) is 2. The van der Waals surface area contributed by atoms with E-state index in [0.29, 0.717) is 0 Å². The monoisotopic (exact) mass is 471 g/mol. The summed E-state index contributed by atoms with van der Waals surface area (Å²) >= 11 is 0. The van der Waals surface area contributed by atoms with Gasteiger partial charge in [0.25, 0.3) is 0 Å². The molecule has 0 bridgehead atoms. The summed E-state index contributed by atoms with van der Waals surface area (Å²) in [5.41, 5.74) is -0.516. The number of sulfonamides is 1. The van der Waals surface area contributed by atoms with Crippen molar-refractivity contribution in [1.29, 1.82) is 0 Å². The molecule has 32 heavy (non-hydrogen) atoms. The van der Waals surface area contributed by atoms with Gasteiger partial charge >= 0.3 is 5.97 Å². The van der Waals surface area contributed by atoms with Gasteiger partial charge in [-0.2, -0.15) is 0 Å². The van der Waals surface area contributed by atoms with Crippen molar-refractivity contribution in [2.75, 3.05) is 13.0 Å². The minimum absolute atomic E-state index is 0.0383. The van der Waals surface area contributed by atoms with E-state index in [2.05, 4.69) is 0 Å². The van der Waals surface area contributed by atoms with Crippen molar-refractivity contribution in [3.8, 4) is 5.75 Å². The lowest BCUT2D eigenvalue weighted by molar-refractivity contribution is -0.157. The quantitative estimate of drug-likeness (QED) is 0.591. The largest absolute Gasteiger partial charge is 0.473 e. The molecule has 174 valence electrons. The molecule has 10 heteroatoms. The summed E-state index contributed by atoms with van der Waals surface area (Å²) in [6.07, 6.45) is -1.48. The van der Waals surface area contributed by atoms with Crippen LogP contribution in [0.3, 0.4) is 0 Å². The molecule has 2 aromatic rings. The number of alkyl halides is 2. The average Bonchev–Trinajstić information content (AvgIpc) is 2.77. The van der Waals surface area contributed by atoms with Gasteiger partial charge in [0.05, 0.1) is 5.41 Å². The first-order valence-corrected chi connectivity index (χ1v) is 11.7. The molecule has 1 aliphatic rings. The number of carbonyl (C=O) groups excluding carboxylic acids is 1. The van der Waals surface area contributed by atoms with Gasteiger partial charge < -0.3 is 9.47 Å². The molecular weight excluding hydrogens is 447 g/mol. The molecule has 1 saturated carbocycles. The van der Waals surface area contributed by atoms with E-state index >= 15 is 0 Å². The van der Waals surface area contributed by atoms with Crippen molar-refractivity contribution in [2.45, 2.75) is 43.6 Å². The maximum Gasteiger partial charge on any atom is 0.316 e. The fourth-order valence-electron chi connectivity index (χ4n) is 3.63. The van der Waals surface area contributed by atoms with Gasteiger partial charge in [-0.05, 0) is 43.1 Å². The molecule has 2 aromatic carbocycles. The van der Waals surface area contributed by atoms with E-state index in [4.69, 9.17) is 9.47 Å². The normalized spacial score (nSPS) is 17.5. The van der Waals surface area contributed by atoms with Gasteiger partial charge in [0.2, 0.25) is 21.9 Å². The van der Waals surface area contributed by atoms with Crippen molar-refractivity contribution in [3.05, 3.63) is 65.5 Å². The summed E-state index contributed by atoms with van der Waals surface area (Å²) in [7, 11) is -2.54. The van der Waals surface area contributed by atoms with Crippen LogP contribution in [-0.2, 0) is 31.6 Å². The molecule has 0 radical (unpaired) electrons. The Morgan fingerprint density at radius 3 is 2.31 bits per heavy atom. The molecule has 0 aromatic heterocycles. The Morgan fingerprint density at radius 1 is 1.06 bits per heavy atom. The zero-order chi connectivity index (χ0) is 23.4. The molecule has 1 fully saturated rings. The maximum absolute atomic E-state index is 14.7. The van der Waals surface area contributed by atoms with E-state index in [-0.39, 0.29) is 30.8 Å². The van der Waals surface area contributed by atoms with Crippen molar-refractivity contribution in [3.63, 3.8) is 0 Å². The fourth-order valence-corrected chi connectivity index (χ4v) is 4.03. The summed E-state index contributed by atoms with van der Waals surface area (Å²) in [5.74, 6) is -5.65. The summed E-state index contributed by atoms with van der Waals surface area (Å²) in [5, 5.41) is 0. The van der Waals surface area contributed by atoms with Crippen LogP contribution in [0, 0.1) is 5.82 Å². The molecule has 6 nitrogen and oxygen atoms in total. The summed E-state index contributed by atoms with van der Waals surface area (Å²) < 4.78 is 77.9. The van der Waals surface area contributed by atoms with Gasteiger partial charge in [-0.15, -0.1) is 0 Å². The average molecular weight is 471 g/mol. The van der Waals surface area contributed by atoms with Crippen LogP contribution in [0.25, 0.3) is 0 Å². The molecule has 0 aliphatic heterocycles. The van der Waals surface area contributed by atoms with Gasteiger partial charge in [-0.25, -0.2) is 26.3 Å². The molecular formula is C22H24F3NO5S. The molecule has 0 spiro atoms. The van der Waals surface area contributed by atoms with Crippen LogP contribution >= 0.6 is 0 Å². The third-order valence-electron chi connectivity index (χ3n) is 5.60. The Bertz CT molecular complexity index is 1050. The third kappa shape index (κ3) is 5.60. The standard InChI is InChI=1S/C22H24F3NO5S/c1-26-32(28,29)15-31-19-8-7-17(13-18(19)23)21(9-11-22(24,25)12-10-21)20(27)30-14-16-5-3-2-4-6-16/h2-8,13,26H,9-12,14-15H2,1H3. The summed E-state index contributed by atoms with van der Waals surface area (Å²) in [4.78, 5) is 13.1. The number of halogens is 3. The second-order valence-corrected chi connectivity index (χ2v) is 9.60. The highest BCUT2D eigenvalue weighted by atomic mass is 32.2. The predicted molar refractivity (Wildman–Crippen MR) is 111 cm³/mol. The van der Waals surface area contributed by atoms with E-state index in [9.17, 15) is 26.4 Å². The molecule has 1 aliphatic carbocycles. The number of rotatable bonds is 8. The molecule has 1 N–H and O–H groups in total. The van der Waals surface area contributed by atoms with Crippen LogP contribution in [0.1, 0.15) is 36.8 Å². The smallest absolute Gasteiger partial charge is 0.316 e. The Labute approximate surface area is 184 Å². The van der Waals surface area contributed by atoms with Crippen molar-refractivity contribution in [1.82, 2.24) is 4.72 Å². The van der Waals surface area contributed by atoms with Crippen LogP contribution in [0.15, 0.2) is 48.5 Å². The minimum Gasteiger partial charge on any atom is -0.473 e. The van der Waals surface area contributed by atoms with Gasteiger partial charge in [0.1, 0.15) is 6.61 Å². The number of esters is 1. The van der Waals surface area contributed by atoms with Crippen molar-refractivity contribution in [2.24, 2.45) is 0 Å². The topological polar surface area (TPSA) is 81.7 Å². The number of hydrogen-bond donors (Lipinski definition) is 1. The molecule has 0 heterocycles. The SMILES string of the molecule is CNS(=O)(=O)COc1ccc(C2(C(=O)OCc3ccccc3)CCC(F)(F)CC2)cc1F. The second-order valence-electron chi connectivity index (χ2n) is 7.73. The second kappa shape index (κ2) is 9.50. The fraction of sp³-hybridized carbons (Fsp3) is 0.409. The number of benzene rings is 2. The van der Waals surface area contributed by atoms with Gasteiger partial charge in [0.15, 0.2) is 11.6 Å². The van der Waals surface area contributed by atoms with Crippen LogP contribution < -0.4 is 9.46 Å². The molecule has 0 atom stereocenters. The van der Waals surface area contributed by atoms with Crippen LogP contribution in [0.2, 0.25) is 0 Å². The lowest BCUT2D eigenvalue weighted by Crippen LogP contribution is -2.43. The predicted octanol–water partition coefficient (Wildman–Crippen LogP) is 3.90. The van der Waals surface area contributed by atoms with E-state index in [0.717, 1.165) is 11.6 Å². The van der Waals surface area contributed by atoms with Crippen LogP contribution in [0.4, 0.5) is 13.2 Å². The molecule has 3 rings (SSSR count). The minimum atomic E-state index is -3.73. The van der Waals surface area contributed by atoms with Gasteiger partial charge in [-0.1, -0.05) is 36.4 Å². The number of nitrogens with one attached hydrogen (secondary N) is 1. The van der Waals surface area contributed by atoms with Gasteiger partial charge in [-0.3, -0.25) is 4.79 Å². The lowest BCUT2D eigenvalue weighted by atomic mass is 9.68. The van der Waals surface area contributed by atoms with Crippen molar-refractivity contribution < 1.29 is 35.9 Å². The molecule has 0 saturated heterocycles. The van der Waals surface area contributed by atoms with Crippen LogP contribution in [0.5, 0.6) is 5.75 Å². The Morgan fingerprint density at radius 2 is 1.72 bits per heavy atom.